The van der Waals surface area contributed by atoms with Crippen molar-refractivity contribution in [2.45, 2.75) is 6.92 Å². The SMILES string of the molecule is Cc1sc(=O)[nH]c1-c1cccnc1. The predicted octanol–water partition coefficient (Wildman–Crippen LogP) is 1.81. The molecule has 0 aliphatic rings. The third kappa shape index (κ3) is 1.53. The first-order chi connectivity index (χ1) is 6.27. The average molecular weight is 192 g/mol. The molecule has 2 aromatic rings. The smallest absolute Gasteiger partial charge is 0.305 e. The van der Waals surface area contributed by atoms with Gasteiger partial charge in [0.1, 0.15) is 0 Å². The summed E-state index contributed by atoms with van der Waals surface area (Å²) in [6.07, 6.45) is 3.45. The lowest BCUT2D eigenvalue weighted by Gasteiger charge is -1.96. The number of aryl methyl sites for hydroxylation is 1. The fourth-order valence-corrected chi connectivity index (χ4v) is 1.89. The Bertz CT molecular complexity index is 458. The molecule has 1 N–H and O–H groups in total. The van der Waals surface area contributed by atoms with Crippen LogP contribution < -0.4 is 4.87 Å². The highest BCUT2D eigenvalue weighted by atomic mass is 32.1. The topological polar surface area (TPSA) is 45.8 Å². The Kier molecular flexibility index (Phi) is 1.98. The lowest BCUT2D eigenvalue weighted by molar-refractivity contribution is 1.27. The van der Waals surface area contributed by atoms with Crippen LogP contribution in [0.2, 0.25) is 0 Å². The first-order valence-corrected chi connectivity index (χ1v) is 4.69. The van der Waals surface area contributed by atoms with Crippen molar-refractivity contribution in [2.24, 2.45) is 0 Å². The number of H-pyrrole nitrogens is 1. The highest BCUT2D eigenvalue weighted by molar-refractivity contribution is 7.09. The third-order valence-corrected chi connectivity index (χ3v) is 2.57. The van der Waals surface area contributed by atoms with Gasteiger partial charge in [-0.2, -0.15) is 0 Å². The molecule has 0 aliphatic heterocycles. The summed E-state index contributed by atoms with van der Waals surface area (Å²) in [4.78, 5) is 18.8. The Hall–Kier alpha value is -1.42. The van der Waals surface area contributed by atoms with Crippen molar-refractivity contribution in [3.63, 3.8) is 0 Å². The Morgan fingerprint density at radius 1 is 1.54 bits per heavy atom. The van der Waals surface area contributed by atoms with Crippen LogP contribution in [-0.2, 0) is 0 Å². The van der Waals surface area contributed by atoms with Crippen molar-refractivity contribution >= 4 is 11.3 Å². The summed E-state index contributed by atoms with van der Waals surface area (Å²) >= 11 is 1.23. The van der Waals surface area contributed by atoms with Gasteiger partial charge in [0, 0.05) is 22.8 Å². The summed E-state index contributed by atoms with van der Waals surface area (Å²) in [7, 11) is 0. The molecule has 3 nitrogen and oxygen atoms in total. The van der Waals surface area contributed by atoms with Crippen molar-refractivity contribution in [1.82, 2.24) is 9.97 Å². The van der Waals surface area contributed by atoms with E-state index in [2.05, 4.69) is 9.97 Å². The van der Waals surface area contributed by atoms with Crippen LogP contribution in [0, 0.1) is 6.92 Å². The molecule has 0 amide bonds. The zero-order chi connectivity index (χ0) is 9.26. The van der Waals surface area contributed by atoms with Gasteiger partial charge in [-0.25, -0.2) is 0 Å². The maximum absolute atomic E-state index is 11.0. The summed E-state index contributed by atoms with van der Waals surface area (Å²) in [5.74, 6) is 0. The molecule has 0 unspecified atom stereocenters. The van der Waals surface area contributed by atoms with Crippen LogP contribution >= 0.6 is 11.3 Å². The van der Waals surface area contributed by atoms with E-state index in [0.29, 0.717) is 0 Å². The van der Waals surface area contributed by atoms with E-state index < -0.39 is 0 Å². The molecule has 0 fully saturated rings. The molecule has 66 valence electrons. The number of hydrogen-bond donors (Lipinski definition) is 1. The fraction of sp³-hybridized carbons (Fsp3) is 0.111. The van der Waals surface area contributed by atoms with Crippen molar-refractivity contribution < 1.29 is 0 Å². The van der Waals surface area contributed by atoms with Gasteiger partial charge in [0.15, 0.2) is 0 Å². The number of nitrogens with zero attached hydrogens (tertiary/aromatic N) is 1. The van der Waals surface area contributed by atoms with E-state index in [-0.39, 0.29) is 4.87 Å². The lowest BCUT2D eigenvalue weighted by Crippen LogP contribution is -1.92. The Balaban J connectivity index is 2.59. The summed E-state index contributed by atoms with van der Waals surface area (Å²) < 4.78 is 0. The molecule has 2 heterocycles. The monoisotopic (exact) mass is 192 g/mol. The molecule has 13 heavy (non-hydrogen) atoms. The molecule has 2 aromatic heterocycles. The molecule has 0 atom stereocenters. The summed E-state index contributed by atoms with van der Waals surface area (Å²) in [6.45, 7) is 1.92. The number of nitrogens with one attached hydrogen (secondary N) is 1. The van der Waals surface area contributed by atoms with E-state index in [9.17, 15) is 4.79 Å². The quantitative estimate of drug-likeness (QED) is 0.749. The van der Waals surface area contributed by atoms with Crippen LogP contribution in [0.4, 0.5) is 0 Å². The molecule has 0 spiro atoms. The molecular weight excluding hydrogens is 184 g/mol. The van der Waals surface area contributed by atoms with Crippen molar-refractivity contribution in [3.8, 4) is 11.3 Å². The summed E-state index contributed by atoms with van der Waals surface area (Å²) in [5.41, 5.74) is 1.83. The van der Waals surface area contributed by atoms with Gasteiger partial charge >= 0.3 is 4.87 Å². The van der Waals surface area contributed by atoms with Crippen molar-refractivity contribution in [2.75, 3.05) is 0 Å². The molecule has 0 aliphatic carbocycles. The van der Waals surface area contributed by atoms with Gasteiger partial charge in [0.25, 0.3) is 0 Å². The minimum Gasteiger partial charge on any atom is -0.312 e. The number of rotatable bonds is 1. The summed E-state index contributed by atoms with van der Waals surface area (Å²) in [5, 5.41) is 0. The van der Waals surface area contributed by atoms with Gasteiger partial charge in [0.05, 0.1) is 5.69 Å². The first kappa shape index (κ1) is 8.19. The highest BCUT2D eigenvalue weighted by Gasteiger charge is 2.04. The summed E-state index contributed by atoms with van der Waals surface area (Å²) in [6, 6.07) is 3.78. The predicted molar refractivity (Wildman–Crippen MR) is 52.9 cm³/mol. The molecule has 2 rings (SSSR count). The van der Waals surface area contributed by atoms with Gasteiger partial charge in [-0.15, -0.1) is 0 Å². The fourth-order valence-electron chi connectivity index (χ4n) is 1.19. The van der Waals surface area contributed by atoms with Crippen LogP contribution in [0.25, 0.3) is 11.3 Å². The van der Waals surface area contributed by atoms with E-state index >= 15 is 0 Å². The normalized spacial score (nSPS) is 10.2. The van der Waals surface area contributed by atoms with Crippen molar-refractivity contribution in [3.05, 3.63) is 39.1 Å². The number of thiazole rings is 1. The van der Waals surface area contributed by atoms with E-state index in [1.807, 2.05) is 19.1 Å². The van der Waals surface area contributed by atoms with Gasteiger partial charge in [-0.1, -0.05) is 11.3 Å². The zero-order valence-corrected chi connectivity index (χ0v) is 7.89. The number of hydrogen-bond acceptors (Lipinski definition) is 3. The number of aromatic nitrogens is 2. The standard InChI is InChI=1S/C9H8N2OS/c1-6-8(11-9(12)13-6)7-3-2-4-10-5-7/h2-5H,1H3,(H,11,12). The van der Waals surface area contributed by atoms with Crippen LogP contribution in [0.15, 0.2) is 29.3 Å². The first-order valence-electron chi connectivity index (χ1n) is 3.87. The van der Waals surface area contributed by atoms with E-state index in [1.54, 1.807) is 12.4 Å². The lowest BCUT2D eigenvalue weighted by atomic mass is 10.2. The van der Waals surface area contributed by atoms with Crippen LogP contribution in [0.1, 0.15) is 4.88 Å². The Morgan fingerprint density at radius 3 is 2.92 bits per heavy atom. The minimum absolute atomic E-state index is 0.0173. The Labute approximate surface area is 79.1 Å². The minimum atomic E-state index is -0.0173. The maximum Gasteiger partial charge on any atom is 0.305 e. The molecule has 0 bridgehead atoms. The molecule has 0 aromatic carbocycles. The second-order valence-corrected chi connectivity index (χ2v) is 3.87. The maximum atomic E-state index is 11.0. The van der Waals surface area contributed by atoms with E-state index in [4.69, 9.17) is 0 Å². The highest BCUT2D eigenvalue weighted by Crippen LogP contribution is 2.20. The van der Waals surface area contributed by atoms with Gasteiger partial charge in [-0.3, -0.25) is 9.78 Å². The zero-order valence-electron chi connectivity index (χ0n) is 7.07. The molecule has 4 heteroatoms. The molecular formula is C9H8N2OS. The van der Waals surface area contributed by atoms with Crippen LogP contribution in [0.3, 0.4) is 0 Å². The van der Waals surface area contributed by atoms with Gasteiger partial charge in [-0.05, 0) is 19.1 Å². The molecule has 0 saturated heterocycles. The van der Waals surface area contributed by atoms with Crippen LogP contribution in [-0.4, -0.2) is 9.97 Å². The number of pyridine rings is 1. The largest absolute Gasteiger partial charge is 0.312 e. The molecule has 0 radical (unpaired) electrons. The van der Waals surface area contributed by atoms with E-state index in [0.717, 1.165) is 16.1 Å². The van der Waals surface area contributed by atoms with Gasteiger partial charge < -0.3 is 4.98 Å². The second kappa shape index (κ2) is 3.14. The average Bonchev–Trinajstić information content (AvgIpc) is 2.47. The van der Waals surface area contributed by atoms with Gasteiger partial charge in [0.2, 0.25) is 0 Å². The second-order valence-electron chi connectivity index (χ2n) is 2.69. The molecule has 0 saturated carbocycles. The Morgan fingerprint density at radius 2 is 2.38 bits per heavy atom. The van der Waals surface area contributed by atoms with Crippen molar-refractivity contribution in [1.29, 1.82) is 0 Å². The third-order valence-electron chi connectivity index (χ3n) is 1.78. The van der Waals surface area contributed by atoms with E-state index in [1.165, 1.54) is 11.3 Å². The van der Waals surface area contributed by atoms with Crippen LogP contribution in [0.5, 0.6) is 0 Å². The number of aromatic amines is 1.